The maximum atomic E-state index is 14.1. The summed E-state index contributed by atoms with van der Waals surface area (Å²) >= 11 is 1.68. The summed E-state index contributed by atoms with van der Waals surface area (Å²) in [6, 6.07) is 3.16. The van der Waals surface area contributed by atoms with E-state index < -0.39 is 11.6 Å². The first kappa shape index (κ1) is 10.9. The lowest BCUT2D eigenvalue weighted by atomic mass is 10.2. The Kier molecular flexibility index (Phi) is 2.32. The fraction of sp³-hybridized carbons (Fsp3) is 0.0833. The second-order valence-electron chi connectivity index (χ2n) is 3.83. The first-order valence-corrected chi connectivity index (χ1v) is 6.04. The number of pyridine rings is 1. The highest BCUT2D eigenvalue weighted by Gasteiger charge is 2.17. The minimum Gasteiger partial charge on any atom is -0.341 e. The smallest absolute Gasteiger partial charge is 0.163 e. The molecule has 5 heteroatoms. The molecule has 0 bridgehead atoms. The zero-order chi connectivity index (χ0) is 12.2. The van der Waals surface area contributed by atoms with Gasteiger partial charge in [-0.05, 0) is 34.7 Å². The molecule has 0 atom stereocenters. The molecule has 1 aromatic carbocycles. The molecular weight excluding hydrogens is 337 g/mol. The quantitative estimate of drug-likeness (QED) is 0.450. The summed E-state index contributed by atoms with van der Waals surface area (Å²) in [4.78, 5) is 4.00. The minimum absolute atomic E-state index is 0.0222. The van der Waals surface area contributed by atoms with Crippen molar-refractivity contribution in [1.29, 1.82) is 0 Å². The van der Waals surface area contributed by atoms with Crippen molar-refractivity contribution in [3.63, 3.8) is 0 Å². The van der Waals surface area contributed by atoms with E-state index in [-0.39, 0.29) is 3.57 Å². The van der Waals surface area contributed by atoms with Gasteiger partial charge < -0.3 is 4.57 Å². The van der Waals surface area contributed by atoms with Gasteiger partial charge in [0.2, 0.25) is 0 Å². The summed E-state index contributed by atoms with van der Waals surface area (Å²) < 4.78 is 29.4. The number of benzene rings is 1. The van der Waals surface area contributed by atoms with E-state index in [4.69, 9.17) is 0 Å². The Morgan fingerprint density at radius 1 is 1.29 bits per heavy atom. The molecule has 0 radical (unpaired) electrons. The zero-order valence-electron chi connectivity index (χ0n) is 8.84. The molecule has 0 aliphatic carbocycles. The van der Waals surface area contributed by atoms with Crippen LogP contribution in [0, 0.1) is 15.2 Å². The second-order valence-corrected chi connectivity index (χ2v) is 4.91. The minimum atomic E-state index is -0.535. The normalized spacial score (nSPS) is 11.5. The summed E-state index contributed by atoms with van der Waals surface area (Å²) in [6.45, 7) is 0. The van der Waals surface area contributed by atoms with Gasteiger partial charge in [0.05, 0.1) is 14.6 Å². The van der Waals surface area contributed by atoms with Crippen LogP contribution < -0.4 is 0 Å². The predicted molar refractivity (Wildman–Crippen MR) is 70.9 cm³/mol. The van der Waals surface area contributed by atoms with Crippen molar-refractivity contribution in [3.05, 3.63) is 39.7 Å². The first-order valence-electron chi connectivity index (χ1n) is 4.97. The summed E-state index contributed by atoms with van der Waals surface area (Å²) in [6.07, 6.45) is 3.27. The average molecular weight is 344 g/mol. The lowest BCUT2D eigenvalue weighted by Gasteiger charge is -2.02. The van der Waals surface area contributed by atoms with Gasteiger partial charge in [0.1, 0.15) is 5.82 Å². The molecule has 17 heavy (non-hydrogen) atoms. The van der Waals surface area contributed by atoms with Crippen molar-refractivity contribution < 1.29 is 8.78 Å². The number of hydrogen-bond acceptors (Lipinski definition) is 1. The third-order valence-corrected chi connectivity index (χ3v) is 3.91. The van der Waals surface area contributed by atoms with Gasteiger partial charge >= 0.3 is 0 Å². The van der Waals surface area contributed by atoms with Crippen molar-refractivity contribution in [3.8, 4) is 0 Å². The van der Waals surface area contributed by atoms with Crippen LogP contribution in [0.1, 0.15) is 0 Å². The Labute approximate surface area is 109 Å². The van der Waals surface area contributed by atoms with Crippen molar-refractivity contribution >= 4 is 44.4 Å². The molecule has 86 valence electrons. The average Bonchev–Trinajstić information content (AvgIpc) is 2.61. The van der Waals surface area contributed by atoms with Gasteiger partial charge in [0.15, 0.2) is 5.82 Å². The molecule has 3 rings (SSSR count). The monoisotopic (exact) mass is 344 g/mol. The number of rotatable bonds is 0. The largest absolute Gasteiger partial charge is 0.341 e. The fourth-order valence-electron chi connectivity index (χ4n) is 2.13. The van der Waals surface area contributed by atoms with Gasteiger partial charge in [0, 0.05) is 30.2 Å². The first-order chi connectivity index (χ1) is 8.11. The molecule has 0 aliphatic heterocycles. The van der Waals surface area contributed by atoms with Crippen LogP contribution >= 0.6 is 22.6 Å². The molecule has 0 saturated carbocycles. The van der Waals surface area contributed by atoms with E-state index in [9.17, 15) is 8.78 Å². The van der Waals surface area contributed by atoms with E-state index in [0.717, 1.165) is 10.9 Å². The van der Waals surface area contributed by atoms with Crippen molar-refractivity contribution in [2.45, 2.75) is 0 Å². The van der Waals surface area contributed by atoms with Gasteiger partial charge in [-0.3, -0.25) is 4.98 Å². The standard InChI is InChI=1S/C12H7F2IN2/c1-17-9-2-3-16-5-7(9)6-4-8(13)11(15)10(14)12(6)17/h2-5H,1H3. The lowest BCUT2D eigenvalue weighted by molar-refractivity contribution is 0.576. The molecule has 0 fully saturated rings. The fourth-order valence-corrected chi connectivity index (χ4v) is 2.54. The molecule has 0 saturated heterocycles. The van der Waals surface area contributed by atoms with Crippen molar-refractivity contribution in [2.24, 2.45) is 7.05 Å². The van der Waals surface area contributed by atoms with E-state index in [0.29, 0.717) is 10.9 Å². The number of hydrogen-bond donors (Lipinski definition) is 0. The van der Waals surface area contributed by atoms with Crippen molar-refractivity contribution in [1.82, 2.24) is 9.55 Å². The van der Waals surface area contributed by atoms with Gasteiger partial charge in [-0.1, -0.05) is 0 Å². The van der Waals surface area contributed by atoms with E-state index in [2.05, 4.69) is 4.98 Å². The Morgan fingerprint density at radius 3 is 2.82 bits per heavy atom. The van der Waals surface area contributed by atoms with Gasteiger partial charge in [-0.25, -0.2) is 8.78 Å². The number of aromatic nitrogens is 2. The van der Waals surface area contributed by atoms with Crippen LogP contribution in [0.15, 0.2) is 24.5 Å². The van der Waals surface area contributed by atoms with Crippen LogP contribution in [-0.4, -0.2) is 9.55 Å². The van der Waals surface area contributed by atoms with Crippen LogP contribution in [0.4, 0.5) is 8.78 Å². The molecular formula is C12H7F2IN2. The maximum Gasteiger partial charge on any atom is 0.163 e. The number of halogens is 3. The highest BCUT2D eigenvalue weighted by Crippen LogP contribution is 2.32. The van der Waals surface area contributed by atoms with Crippen LogP contribution in [0.25, 0.3) is 21.8 Å². The molecule has 0 unspecified atom stereocenters. The Morgan fingerprint density at radius 2 is 2.06 bits per heavy atom. The third-order valence-electron chi connectivity index (χ3n) is 2.92. The van der Waals surface area contributed by atoms with Gasteiger partial charge in [-0.2, -0.15) is 0 Å². The van der Waals surface area contributed by atoms with Crippen molar-refractivity contribution in [2.75, 3.05) is 0 Å². The number of fused-ring (bicyclic) bond motifs is 3. The maximum absolute atomic E-state index is 14.1. The molecule has 0 spiro atoms. The zero-order valence-corrected chi connectivity index (χ0v) is 11.0. The molecule has 2 aromatic heterocycles. The Balaban J connectivity index is 2.67. The summed E-state index contributed by atoms with van der Waals surface area (Å²) in [5, 5.41) is 1.32. The Hall–Kier alpha value is -1.24. The molecule has 3 aromatic rings. The van der Waals surface area contributed by atoms with E-state index in [1.54, 1.807) is 52.7 Å². The summed E-state index contributed by atoms with van der Waals surface area (Å²) in [5.74, 6) is -1.05. The number of nitrogens with zero attached hydrogens (tertiary/aromatic N) is 2. The SMILES string of the molecule is Cn1c2ccncc2c2cc(F)c(I)c(F)c21. The van der Waals surface area contributed by atoms with Crippen LogP contribution in [0.3, 0.4) is 0 Å². The second kappa shape index (κ2) is 3.63. The molecule has 0 amide bonds. The van der Waals surface area contributed by atoms with E-state index in [1.807, 2.05) is 0 Å². The van der Waals surface area contributed by atoms with E-state index in [1.165, 1.54) is 6.07 Å². The number of aryl methyl sites for hydroxylation is 1. The Bertz CT molecular complexity index is 749. The predicted octanol–water partition coefficient (Wildman–Crippen LogP) is 3.61. The molecule has 2 heterocycles. The lowest BCUT2D eigenvalue weighted by Crippen LogP contribution is -1.94. The highest BCUT2D eigenvalue weighted by molar-refractivity contribution is 14.1. The van der Waals surface area contributed by atoms with Gasteiger partial charge in [-0.15, -0.1) is 0 Å². The highest BCUT2D eigenvalue weighted by atomic mass is 127. The summed E-state index contributed by atoms with van der Waals surface area (Å²) in [7, 11) is 1.77. The molecule has 2 nitrogen and oxygen atoms in total. The summed E-state index contributed by atoms with van der Waals surface area (Å²) in [5.41, 5.74) is 1.26. The third kappa shape index (κ3) is 1.38. The topological polar surface area (TPSA) is 17.8 Å². The van der Waals surface area contributed by atoms with Crippen LogP contribution in [0.2, 0.25) is 0 Å². The van der Waals surface area contributed by atoms with Crippen LogP contribution in [-0.2, 0) is 7.05 Å². The molecule has 0 N–H and O–H groups in total. The van der Waals surface area contributed by atoms with Crippen LogP contribution in [0.5, 0.6) is 0 Å². The van der Waals surface area contributed by atoms with Gasteiger partial charge in [0.25, 0.3) is 0 Å². The van der Waals surface area contributed by atoms with E-state index >= 15 is 0 Å². The molecule has 0 aliphatic rings.